The van der Waals surface area contributed by atoms with Crippen LogP contribution in [0.1, 0.15) is 12.5 Å². The Bertz CT molecular complexity index is 1160. The maximum Gasteiger partial charge on any atom is 0.261 e. The normalized spacial score (nSPS) is 11.8. The van der Waals surface area contributed by atoms with Crippen molar-refractivity contribution in [3.8, 4) is 17.0 Å². The lowest BCUT2D eigenvalue weighted by molar-refractivity contribution is -0.127. The van der Waals surface area contributed by atoms with Crippen LogP contribution < -0.4 is 10.1 Å². The number of benzene rings is 3. The molecule has 30 heavy (non-hydrogen) atoms. The summed E-state index contributed by atoms with van der Waals surface area (Å²) in [6, 6.07) is 21.1. The van der Waals surface area contributed by atoms with Gasteiger partial charge in [0.1, 0.15) is 11.6 Å². The smallest absolute Gasteiger partial charge is 0.261 e. The first-order chi connectivity index (χ1) is 14.6. The molecule has 1 heterocycles. The van der Waals surface area contributed by atoms with Gasteiger partial charge in [0, 0.05) is 12.1 Å². The van der Waals surface area contributed by atoms with Gasteiger partial charge in [-0.25, -0.2) is 9.37 Å². The molecule has 4 rings (SSSR count). The number of rotatable bonds is 6. The van der Waals surface area contributed by atoms with E-state index in [0.29, 0.717) is 12.3 Å². The SMILES string of the molecule is C[C@H](Oc1ccc(-c2cnc3ccccc3n2)cc1)C(=O)NCc1ccc(F)cc1. The zero-order valence-corrected chi connectivity index (χ0v) is 16.4. The van der Waals surface area contributed by atoms with Crippen molar-refractivity contribution < 1.29 is 13.9 Å². The van der Waals surface area contributed by atoms with Crippen molar-refractivity contribution in [2.24, 2.45) is 0 Å². The average Bonchev–Trinajstić information content (AvgIpc) is 2.78. The second kappa shape index (κ2) is 8.69. The number of fused-ring (bicyclic) bond motifs is 1. The quantitative estimate of drug-likeness (QED) is 0.516. The highest BCUT2D eigenvalue weighted by Crippen LogP contribution is 2.22. The lowest BCUT2D eigenvalue weighted by atomic mass is 10.1. The largest absolute Gasteiger partial charge is 0.481 e. The maximum absolute atomic E-state index is 12.9. The number of para-hydroxylation sites is 2. The summed E-state index contributed by atoms with van der Waals surface area (Å²) in [5.74, 6) is 0.0284. The molecule has 1 atom stereocenters. The maximum atomic E-state index is 12.9. The van der Waals surface area contributed by atoms with Gasteiger partial charge in [-0.15, -0.1) is 0 Å². The summed E-state index contributed by atoms with van der Waals surface area (Å²) >= 11 is 0. The van der Waals surface area contributed by atoms with Gasteiger partial charge < -0.3 is 10.1 Å². The molecule has 1 amide bonds. The van der Waals surface area contributed by atoms with Crippen molar-refractivity contribution in [2.45, 2.75) is 19.6 Å². The molecule has 3 aromatic carbocycles. The number of carbonyl (C=O) groups is 1. The van der Waals surface area contributed by atoms with Gasteiger partial charge in [0.15, 0.2) is 6.10 Å². The molecule has 0 saturated carbocycles. The molecule has 0 bridgehead atoms. The summed E-state index contributed by atoms with van der Waals surface area (Å²) in [6.45, 7) is 2.00. The molecule has 0 unspecified atom stereocenters. The molecule has 0 aliphatic carbocycles. The van der Waals surface area contributed by atoms with E-state index >= 15 is 0 Å². The van der Waals surface area contributed by atoms with E-state index in [-0.39, 0.29) is 11.7 Å². The van der Waals surface area contributed by atoms with Crippen LogP contribution in [0.25, 0.3) is 22.3 Å². The minimum Gasteiger partial charge on any atom is -0.481 e. The number of hydrogen-bond acceptors (Lipinski definition) is 4. The molecule has 0 aliphatic heterocycles. The van der Waals surface area contributed by atoms with Crippen LogP contribution >= 0.6 is 0 Å². The molecule has 0 fully saturated rings. The zero-order chi connectivity index (χ0) is 20.9. The van der Waals surface area contributed by atoms with Gasteiger partial charge in [-0.3, -0.25) is 9.78 Å². The van der Waals surface area contributed by atoms with E-state index in [0.717, 1.165) is 27.9 Å². The van der Waals surface area contributed by atoms with Gasteiger partial charge in [-0.1, -0.05) is 24.3 Å². The van der Waals surface area contributed by atoms with Crippen molar-refractivity contribution in [3.05, 3.63) is 90.4 Å². The third-order valence-corrected chi connectivity index (χ3v) is 4.66. The second-order valence-electron chi connectivity index (χ2n) is 6.87. The molecule has 0 aliphatic rings. The van der Waals surface area contributed by atoms with Crippen LogP contribution in [-0.4, -0.2) is 22.0 Å². The van der Waals surface area contributed by atoms with Crippen LogP contribution in [0.4, 0.5) is 4.39 Å². The molecular formula is C24H20FN3O2. The fourth-order valence-electron chi connectivity index (χ4n) is 2.99. The Hall–Kier alpha value is -3.80. The monoisotopic (exact) mass is 401 g/mol. The first kappa shape index (κ1) is 19.5. The van der Waals surface area contributed by atoms with E-state index in [1.54, 1.807) is 37.4 Å². The summed E-state index contributed by atoms with van der Waals surface area (Å²) in [7, 11) is 0. The van der Waals surface area contributed by atoms with Crippen molar-refractivity contribution in [1.82, 2.24) is 15.3 Å². The summed E-state index contributed by atoms with van der Waals surface area (Å²) in [5, 5.41) is 2.79. The third-order valence-electron chi connectivity index (χ3n) is 4.66. The highest BCUT2D eigenvalue weighted by Gasteiger charge is 2.14. The predicted molar refractivity (Wildman–Crippen MR) is 113 cm³/mol. The number of nitrogens with one attached hydrogen (secondary N) is 1. The van der Waals surface area contributed by atoms with Gasteiger partial charge in [-0.2, -0.15) is 0 Å². The van der Waals surface area contributed by atoms with Crippen LogP contribution in [0.5, 0.6) is 5.75 Å². The lowest BCUT2D eigenvalue weighted by Crippen LogP contribution is -2.35. The molecular weight excluding hydrogens is 381 g/mol. The van der Waals surface area contributed by atoms with Crippen molar-refractivity contribution >= 4 is 16.9 Å². The Labute approximate surface area is 173 Å². The molecule has 1 aromatic heterocycles. The van der Waals surface area contributed by atoms with Crippen LogP contribution in [-0.2, 0) is 11.3 Å². The van der Waals surface area contributed by atoms with Crippen LogP contribution in [0.2, 0.25) is 0 Å². The Balaban J connectivity index is 1.37. The van der Waals surface area contributed by atoms with Crippen LogP contribution in [0, 0.1) is 5.82 Å². The highest BCUT2D eigenvalue weighted by molar-refractivity contribution is 5.80. The van der Waals surface area contributed by atoms with Gasteiger partial charge in [0.25, 0.3) is 5.91 Å². The Morgan fingerprint density at radius 1 is 1.00 bits per heavy atom. The van der Waals surface area contributed by atoms with Crippen molar-refractivity contribution in [2.75, 3.05) is 0 Å². The minimum atomic E-state index is -0.670. The number of aromatic nitrogens is 2. The fraction of sp³-hybridized carbons (Fsp3) is 0.125. The van der Waals surface area contributed by atoms with E-state index in [1.165, 1.54) is 12.1 Å². The molecule has 0 radical (unpaired) electrons. The summed E-state index contributed by atoms with van der Waals surface area (Å²) in [5.41, 5.74) is 4.18. The van der Waals surface area contributed by atoms with Gasteiger partial charge in [0.05, 0.1) is 22.9 Å². The molecule has 4 aromatic rings. The fourth-order valence-corrected chi connectivity index (χ4v) is 2.99. The van der Waals surface area contributed by atoms with Gasteiger partial charge >= 0.3 is 0 Å². The number of halogens is 1. The summed E-state index contributed by atoms with van der Waals surface area (Å²) in [6.07, 6.45) is 1.07. The lowest BCUT2D eigenvalue weighted by Gasteiger charge is -2.15. The second-order valence-corrected chi connectivity index (χ2v) is 6.87. The summed E-state index contributed by atoms with van der Waals surface area (Å²) < 4.78 is 18.7. The molecule has 5 nitrogen and oxygen atoms in total. The van der Waals surface area contributed by atoms with E-state index in [9.17, 15) is 9.18 Å². The van der Waals surface area contributed by atoms with Gasteiger partial charge in [0.2, 0.25) is 0 Å². The topological polar surface area (TPSA) is 64.1 Å². The van der Waals surface area contributed by atoms with E-state index in [1.807, 2.05) is 36.4 Å². The zero-order valence-electron chi connectivity index (χ0n) is 16.4. The van der Waals surface area contributed by atoms with Gasteiger partial charge in [-0.05, 0) is 61.0 Å². The number of amides is 1. The number of ether oxygens (including phenoxy) is 1. The minimum absolute atomic E-state index is 0.246. The Morgan fingerprint density at radius 3 is 2.43 bits per heavy atom. The van der Waals surface area contributed by atoms with Crippen LogP contribution in [0.3, 0.4) is 0 Å². The molecule has 150 valence electrons. The van der Waals surface area contributed by atoms with E-state index in [4.69, 9.17) is 4.74 Å². The number of nitrogens with zero attached hydrogens (tertiary/aromatic N) is 2. The van der Waals surface area contributed by atoms with E-state index < -0.39 is 6.10 Å². The average molecular weight is 401 g/mol. The first-order valence-electron chi connectivity index (χ1n) is 9.59. The molecule has 6 heteroatoms. The molecule has 1 N–H and O–H groups in total. The van der Waals surface area contributed by atoms with Crippen molar-refractivity contribution in [1.29, 1.82) is 0 Å². The Kier molecular flexibility index (Phi) is 5.66. The summed E-state index contributed by atoms with van der Waals surface area (Å²) in [4.78, 5) is 21.3. The third kappa shape index (κ3) is 4.60. The van der Waals surface area contributed by atoms with E-state index in [2.05, 4.69) is 15.3 Å². The van der Waals surface area contributed by atoms with Crippen molar-refractivity contribution in [3.63, 3.8) is 0 Å². The standard InChI is InChI=1S/C24H20FN3O2/c1-16(24(29)27-14-17-6-10-19(25)11-7-17)30-20-12-8-18(9-13-20)23-15-26-21-4-2-3-5-22(21)28-23/h2-13,15-16H,14H2,1H3,(H,27,29)/t16-/m0/s1. The molecule has 0 spiro atoms. The highest BCUT2D eigenvalue weighted by atomic mass is 19.1. The number of carbonyl (C=O) groups excluding carboxylic acids is 1. The van der Waals surface area contributed by atoms with Crippen LogP contribution in [0.15, 0.2) is 79.0 Å². The Morgan fingerprint density at radius 2 is 1.70 bits per heavy atom. The molecule has 0 saturated heterocycles. The first-order valence-corrected chi connectivity index (χ1v) is 9.59. The predicted octanol–water partition coefficient (Wildman–Crippen LogP) is 4.52. The number of hydrogen-bond donors (Lipinski definition) is 1.